The molecule has 13 rings (SSSR count). The molecule has 294 valence electrons. The van der Waals surface area contributed by atoms with Crippen molar-refractivity contribution in [3.05, 3.63) is 206 Å². The maximum Gasteiger partial charge on any atom is 0.166 e. The quantitative estimate of drug-likeness (QED) is 0.167. The van der Waals surface area contributed by atoms with Crippen molar-refractivity contribution in [3.8, 4) is 62.1 Å². The minimum absolute atomic E-state index is 0.549. The standard InChI is InChI=1S/C57H34N4O2/c1-2-16-35(17-3-1)55-58-56(60-57(59-55)47-22-6-11-29-50(47)61-48-27-9-4-18-41(48)42-19-5-10-28-49(42)61)38-33-36(39-23-14-25-45-43-20-7-12-30-51(43)62-53(39)45)32-37(34-38)40-24-15-26-46-44-21-8-13-31-52(44)63-54(40)46/h1-34H. The zero-order valence-electron chi connectivity index (χ0n) is 33.7. The van der Waals surface area contributed by atoms with Crippen LogP contribution in [0.25, 0.3) is 128 Å². The first kappa shape index (κ1) is 35.2. The van der Waals surface area contributed by atoms with Gasteiger partial charge in [0.25, 0.3) is 0 Å². The van der Waals surface area contributed by atoms with E-state index in [1.54, 1.807) is 0 Å². The Kier molecular flexibility index (Phi) is 7.80. The minimum Gasteiger partial charge on any atom is -0.455 e. The normalized spacial score (nSPS) is 11.8. The number of furan rings is 2. The molecule has 4 aromatic heterocycles. The number of aromatic nitrogens is 4. The van der Waals surface area contributed by atoms with E-state index in [-0.39, 0.29) is 0 Å². The molecule has 0 atom stereocenters. The van der Waals surface area contributed by atoms with Gasteiger partial charge in [-0.15, -0.1) is 0 Å². The second kappa shape index (κ2) is 14.0. The van der Waals surface area contributed by atoms with Crippen LogP contribution in [0.3, 0.4) is 0 Å². The van der Waals surface area contributed by atoms with Gasteiger partial charge in [0.05, 0.1) is 16.7 Å². The molecule has 0 amide bonds. The lowest BCUT2D eigenvalue weighted by Gasteiger charge is -2.15. The summed E-state index contributed by atoms with van der Waals surface area (Å²) in [4.78, 5) is 15.9. The molecule has 0 radical (unpaired) electrons. The van der Waals surface area contributed by atoms with Crippen molar-refractivity contribution in [1.82, 2.24) is 19.5 Å². The van der Waals surface area contributed by atoms with Crippen molar-refractivity contribution in [1.29, 1.82) is 0 Å². The van der Waals surface area contributed by atoms with E-state index in [4.69, 9.17) is 23.8 Å². The molecule has 0 aliphatic carbocycles. The molecule has 0 aliphatic rings. The van der Waals surface area contributed by atoms with E-state index in [0.29, 0.717) is 17.5 Å². The Labute approximate surface area is 361 Å². The second-order valence-corrected chi connectivity index (χ2v) is 15.9. The summed E-state index contributed by atoms with van der Waals surface area (Å²) in [5.41, 5.74) is 13.0. The van der Waals surface area contributed by atoms with Crippen LogP contribution in [0.4, 0.5) is 0 Å². The first-order valence-electron chi connectivity index (χ1n) is 21.1. The average molecular weight is 807 g/mol. The zero-order chi connectivity index (χ0) is 41.4. The molecule has 0 unspecified atom stereocenters. The molecule has 6 heteroatoms. The Morgan fingerprint density at radius 3 is 1.33 bits per heavy atom. The van der Waals surface area contributed by atoms with Gasteiger partial charge in [-0.3, -0.25) is 0 Å². The van der Waals surface area contributed by atoms with Crippen LogP contribution in [0.2, 0.25) is 0 Å². The van der Waals surface area contributed by atoms with Gasteiger partial charge in [-0.1, -0.05) is 152 Å². The lowest BCUT2D eigenvalue weighted by molar-refractivity contribution is 0.670. The maximum absolute atomic E-state index is 6.64. The molecular formula is C57H34N4O2. The Morgan fingerprint density at radius 2 is 0.730 bits per heavy atom. The van der Waals surface area contributed by atoms with E-state index < -0.39 is 0 Å². The number of para-hydroxylation sites is 7. The van der Waals surface area contributed by atoms with Crippen molar-refractivity contribution >= 4 is 65.7 Å². The van der Waals surface area contributed by atoms with E-state index in [1.165, 1.54) is 10.8 Å². The summed E-state index contributed by atoms with van der Waals surface area (Å²) in [6.45, 7) is 0. The van der Waals surface area contributed by atoms with Crippen LogP contribution >= 0.6 is 0 Å². The number of fused-ring (bicyclic) bond motifs is 9. The molecule has 63 heavy (non-hydrogen) atoms. The van der Waals surface area contributed by atoms with Crippen LogP contribution in [0, 0.1) is 0 Å². The monoisotopic (exact) mass is 806 g/mol. The van der Waals surface area contributed by atoms with E-state index in [9.17, 15) is 0 Å². The molecule has 0 saturated carbocycles. The molecule has 0 bridgehead atoms. The second-order valence-electron chi connectivity index (χ2n) is 15.9. The largest absolute Gasteiger partial charge is 0.455 e. The van der Waals surface area contributed by atoms with Crippen LogP contribution in [0.15, 0.2) is 215 Å². The van der Waals surface area contributed by atoms with Gasteiger partial charge in [0.1, 0.15) is 22.3 Å². The number of hydrogen-bond acceptors (Lipinski definition) is 5. The molecular weight excluding hydrogens is 773 g/mol. The smallest absolute Gasteiger partial charge is 0.166 e. The van der Waals surface area contributed by atoms with E-state index in [1.807, 2.05) is 54.6 Å². The van der Waals surface area contributed by atoms with E-state index >= 15 is 0 Å². The van der Waals surface area contributed by atoms with Crippen molar-refractivity contribution in [3.63, 3.8) is 0 Å². The lowest BCUT2D eigenvalue weighted by Crippen LogP contribution is -2.03. The van der Waals surface area contributed by atoms with Crippen LogP contribution in [-0.2, 0) is 0 Å². The van der Waals surface area contributed by atoms with Crippen molar-refractivity contribution in [2.45, 2.75) is 0 Å². The van der Waals surface area contributed by atoms with Crippen LogP contribution < -0.4 is 0 Å². The molecule has 9 aromatic carbocycles. The Morgan fingerprint density at radius 1 is 0.302 bits per heavy atom. The summed E-state index contributed by atoms with van der Waals surface area (Å²) in [6, 6.07) is 71.4. The number of benzene rings is 9. The van der Waals surface area contributed by atoms with Crippen molar-refractivity contribution < 1.29 is 8.83 Å². The number of rotatable bonds is 6. The summed E-state index contributed by atoms with van der Waals surface area (Å²) in [7, 11) is 0. The van der Waals surface area contributed by atoms with Gasteiger partial charge in [0.15, 0.2) is 17.5 Å². The van der Waals surface area contributed by atoms with Gasteiger partial charge in [0, 0.05) is 60.1 Å². The highest BCUT2D eigenvalue weighted by atomic mass is 16.3. The zero-order valence-corrected chi connectivity index (χ0v) is 33.7. The fourth-order valence-electron chi connectivity index (χ4n) is 9.40. The Bertz CT molecular complexity index is 3750. The molecule has 13 aromatic rings. The van der Waals surface area contributed by atoms with Crippen LogP contribution in [0.5, 0.6) is 0 Å². The lowest BCUT2D eigenvalue weighted by atomic mass is 9.94. The highest BCUT2D eigenvalue weighted by molar-refractivity contribution is 6.12. The van der Waals surface area contributed by atoms with Gasteiger partial charge in [0.2, 0.25) is 0 Å². The summed E-state index contributed by atoms with van der Waals surface area (Å²) in [5, 5.41) is 6.65. The molecule has 0 spiro atoms. The van der Waals surface area contributed by atoms with Crippen molar-refractivity contribution in [2.75, 3.05) is 0 Å². The van der Waals surface area contributed by atoms with E-state index in [2.05, 4.69) is 156 Å². The topological polar surface area (TPSA) is 69.9 Å². The number of nitrogens with zero attached hydrogens (tertiary/aromatic N) is 4. The third kappa shape index (κ3) is 5.62. The third-order valence-corrected chi connectivity index (χ3v) is 12.3. The predicted octanol–water partition coefficient (Wildman–Crippen LogP) is 15.1. The molecule has 4 heterocycles. The summed E-state index contributed by atoms with van der Waals surface area (Å²) in [6.07, 6.45) is 0. The van der Waals surface area contributed by atoms with Gasteiger partial charge in [-0.25, -0.2) is 15.0 Å². The van der Waals surface area contributed by atoms with Gasteiger partial charge >= 0.3 is 0 Å². The molecule has 6 nitrogen and oxygen atoms in total. The van der Waals surface area contributed by atoms with E-state index in [0.717, 1.165) is 99.5 Å². The van der Waals surface area contributed by atoms with Gasteiger partial charge < -0.3 is 13.4 Å². The summed E-state index contributed by atoms with van der Waals surface area (Å²) >= 11 is 0. The van der Waals surface area contributed by atoms with Crippen molar-refractivity contribution in [2.24, 2.45) is 0 Å². The van der Waals surface area contributed by atoms with Crippen LogP contribution in [0.1, 0.15) is 0 Å². The Hall–Kier alpha value is -8.61. The fourth-order valence-corrected chi connectivity index (χ4v) is 9.40. The predicted molar refractivity (Wildman–Crippen MR) is 256 cm³/mol. The van der Waals surface area contributed by atoms with Gasteiger partial charge in [-0.2, -0.15) is 0 Å². The SMILES string of the molecule is c1ccc(-c2nc(-c3cc(-c4cccc5c4oc4ccccc45)cc(-c4cccc5c4oc4ccccc45)c3)nc(-c3ccccc3-n3c4ccccc4c4ccccc43)n2)cc1. The minimum atomic E-state index is 0.549. The highest BCUT2D eigenvalue weighted by Crippen LogP contribution is 2.42. The fraction of sp³-hybridized carbons (Fsp3) is 0. The molecule has 0 aliphatic heterocycles. The maximum atomic E-state index is 6.64. The number of hydrogen-bond donors (Lipinski definition) is 0. The van der Waals surface area contributed by atoms with Gasteiger partial charge in [-0.05, 0) is 65.7 Å². The van der Waals surface area contributed by atoms with Crippen LogP contribution in [-0.4, -0.2) is 19.5 Å². The summed E-state index contributed by atoms with van der Waals surface area (Å²) in [5.74, 6) is 1.70. The first-order chi connectivity index (χ1) is 31.2. The average Bonchev–Trinajstić information content (AvgIpc) is 4.04. The molecule has 0 N–H and O–H groups in total. The molecule has 0 fully saturated rings. The third-order valence-electron chi connectivity index (χ3n) is 12.3. The Balaban J connectivity index is 1.08. The highest BCUT2D eigenvalue weighted by Gasteiger charge is 2.22. The molecule has 0 saturated heterocycles. The summed E-state index contributed by atoms with van der Waals surface area (Å²) < 4.78 is 15.6. The first-order valence-corrected chi connectivity index (χ1v) is 21.1.